The molecule has 6 nitrogen and oxygen atoms in total. The minimum Gasteiger partial charge on any atom is -0.304 e. The third kappa shape index (κ3) is 3.30. The molecule has 1 aliphatic heterocycles. The number of nitrogens with one attached hydrogen (secondary N) is 1. The Morgan fingerprint density at radius 1 is 1.32 bits per heavy atom. The van der Waals surface area contributed by atoms with Gasteiger partial charge < -0.3 is 4.90 Å². The van der Waals surface area contributed by atoms with Crippen LogP contribution in [0.1, 0.15) is 5.69 Å². The van der Waals surface area contributed by atoms with Crippen molar-refractivity contribution in [2.24, 2.45) is 0 Å². The van der Waals surface area contributed by atoms with E-state index < -0.39 is 0 Å². The summed E-state index contributed by atoms with van der Waals surface area (Å²) >= 11 is 6.13. The highest BCUT2D eigenvalue weighted by atomic mass is 35.5. The third-order valence-corrected chi connectivity index (χ3v) is 3.96. The standard InChI is InChI=1S/C15H18ClN5O/c1-19-8-10-20(11-9-19)18-14(22)6-5-12-15(16)17-13-4-2-3-7-21(12)13/h2-7H,8-11H2,1H3,(H,18,22)/b6-5+. The maximum Gasteiger partial charge on any atom is 0.258 e. The summed E-state index contributed by atoms with van der Waals surface area (Å²) in [6, 6.07) is 5.66. The van der Waals surface area contributed by atoms with Crippen molar-refractivity contribution in [2.75, 3.05) is 33.2 Å². The first-order valence-electron chi connectivity index (χ1n) is 7.18. The number of pyridine rings is 1. The molecule has 0 saturated carbocycles. The van der Waals surface area contributed by atoms with Crippen molar-refractivity contribution in [3.05, 3.63) is 41.3 Å². The molecule has 0 atom stereocenters. The van der Waals surface area contributed by atoms with Gasteiger partial charge in [0.25, 0.3) is 5.91 Å². The van der Waals surface area contributed by atoms with Crippen LogP contribution < -0.4 is 5.43 Å². The summed E-state index contributed by atoms with van der Waals surface area (Å²) in [7, 11) is 2.08. The highest BCUT2D eigenvalue weighted by Gasteiger charge is 2.14. The second-order valence-electron chi connectivity index (χ2n) is 5.32. The average molecular weight is 320 g/mol. The van der Waals surface area contributed by atoms with E-state index in [4.69, 9.17) is 11.6 Å². The molecule has 3 heterocycles. The number of imidazole rings is 1. The van der Waals surface area contributed by atoms with Crippen molar-refractivity contribution in [2.45, 2.75) is 0 Å². The van der Waals surface area contributed by atoms with Gasteiger partial charge in [-0.05, 0) is 25.3 Å². The predicted octanol–water partition coefficient (Wildman–Crippen LogP) is 1.28. The highest BCUT2D eigenvalue weighted by Crippen LogP contribution is 2.18. The number of carbonyl (C=O) groups is 1. The smallest absolute Gasteiger partial charge is 0.258 e. The third-order valence-electron chi connectivity index (χ3n) is 3.69. The number of aromatic nitrogens is 2. The molecule has 2 aromatic rings. The summed E-state index contributed by atoms with van der Waals surface area (Å²) in [5.74, 6) is -0.161. The van der Waals surface area contributed by atoms with Gasteiger partial charge in [0.1, 0.15) is 5.65 Å². The molecule has 0 aliphatic carbocycles. The minimum atomic E-state index is -0.161. The van der Waals surface area contributed by atoms with Crippen LogP contribution in [-0.4, -0.2) is 58.4 Å². The van der Waals surface area contributed by atoms with Gasteiger partial charge in [-0.3, -0.25) is 14.6 Å². The number of halogens is 1. The number of amides is 1. The summed E-state index contributed by atoms with van der Waals surface area (Å²) in [6.45, 7) is 3.55. The monoisotopic (exact) mass is 319 g/mol. The molecule has 0 spiro atoms. The SMILES string of the molecule is CN1CCN(NC(=O)/C=C/c2c(Cl)nc3ccccn23)CC1. The molecule has 0 bridgehead atoms. The van der Waals surface area contributed by atoms with Crippen LogP contribution in [0.4, 0.5) is 0 Å². The Bertz CT molecular complexity index is 703. The molecule has 1 amide bonds. The van der Waals surface area contributed by atoms with Crippen molar-refractivity contribution in [3.8, 4) is 0 Å². The van der Waals surface area contributed by atoms with E-state index in [2.05, 4.69) is 22.4 Å². The molecular weight excluding hydrogens is 302 g/mol. The van der Waals surface area contributed by atoms with Crippen molar-refractivity contribution < 1.29 is 4.79 Å². The van der Waals surface area contributed by atoms with Crippen LogP contribution in [0.5, 0.6) is 0 Å². The Morgan fingerprint density at radius 3 is 2.86 bits per heavy atom. The van der Waals surface area contributed by atoms with Gasteiger partial charge in [-0.15, -0.1) is 0 Å². The van der Waals surface area contributed by atoms with E-state index in [-0.39, 0.29) is 5.91 Å². The number of carbonyl (C=O) groups excluding carboxylic acids is 1. The predicted molar refractivity (Wildman–Crippen MR) is 86.4 cm³/mol. The molecule has 3 rings (SSSR count). The number of hydrogen-bond donors (Lipinski definition) is 1. The lowest BCUT2D eigenvalue weighted by atomic mass is 10.3. The number of fused-ring (bicyclic) bond motifs is 1. The molecule has 1 fully saturated rings. The van der Waals surface area contributed by atoms with Crippen LogP contribution in [0, 0.1) is 0 Å². The summed E-state index contributed by atoms with van der Waals surface area (Å²) in [5, 5.41) is 2.32. The fraction of sp³-hybridized carbons (Fsp3) is 0.333. The Kier molecular flexibility index (Phi) is 4.42. The zero-order chi connectivity index (χ0) is 15.5. The first-order chi connectivity index (χ1) is 10.6. The molecule has 22 heavy (non-hydrogen) atoms. The summed E-state index contributed by atoms with van der Waals surface area (Å²) in [5.41, 5.74) is 4.33. The van der Waals surface area contributed by atoms with Crippen LogP contribution in [0.15, 0.2) is 30.5 Å². The number of piperazine rings is 1. The average Bonchev–Trinajstić information content (AvgIpc) is 2.83. The van der Waals surface area contributed by atoms with E-state index in [1.54, 1.807) is 6.08 Å². The summed E-state index contributed by atoms with van der Waals surface area (Å²) in [4.78, 5) is 18.5. The normalized spacial score (nSPS) is 17.4. The molecule has 1 aliphatic rings. The summed E-state index contributed by atoms with van der Waals surface area (Å²) in [6.07, 6.45) is 5.04. The first-order valence-corrected chi connectivity index (χ1v) is 7.56. The topological polar surface area (TPSA) is 52.9 Å². The minimum absolute atomic E-state index is 0.161. The van der Waals surface area contributed by atoms with Crippen LogP contribution in [-0.2, 0) is 4.79 Å². The maximum atomic E-state index is 12.0. The van der Waals surface area contributed by atoms with Crippen molar-refractivity contribution in [3.63, 3.8) is 0 Å². The Labute approximate surface area is 133 Å². The lowest BCUT2D eigenvalue weighted by molar-refractivity contribution is -0.121. The molecule has 0 aromatic carbocycles. The zero-order valence-corrected chi connectivity index (χ0v) is 13.1. The van der Waals surface area contributed by atoms with Gasteiger partial charge in [0.2, 0.25) is 0 Å². The fourth-order valence-electron chi connectivity index (χ4n) is 2.40. The Balaban J connectivity index is 1.67. The zero-order valence-electron chi connectivity index (χ0n) is 12.4. The van der Waals surface area contributed by atoms with Crippen LogP contribution in [0.2, 0.25) is 5.15 Å². The number of likely N-dealkylation sites (N-methyl/N-ethyl adjacent to an activating group) is 1. The van der Waals surface area contributed by atoms with E-state index >= 15 is 0 Å². The van der Waals surface area contributed by atoms with Gasteiger partial charge >= 0.3 is 0 Å². The Morgan fingerprint density at radius 2 is 2.09 bits per heavy atom. The maximum absolute atomic E-state index is 12.0. The van der Waals surface area contributed by atoms with Gasteiger partial charge in [0.05, 0.1) is 5.69 Å². The van der Waals surface area contributed by atoms with E-state index in [0.717, 1.165) is 31.8 Å². The van der Waals surface area contributed by atoms with E-state index in [1.807, 2.05) is 33.8 Å². The van der Waals surface area contributed by atoms with Crippen LogP contribution in [0.3, 0.4) is 0 Å². The molecule has 1 saturated heterocycles. The van der Waals surface area contributed by atoms with Crippen LogP contribution >= 0.6 is 11.6 Å². The number of hydrazine groups is 1. The van der Waals surface area contributed by atoms with E-state index in [0.29, 0.717) is 10.8 Å². The lowest BCUT2D eigenvalue weighted by Gasteiger charge is -2.31. The molecule has 116 valence electrons. The quantitative estimate of drug-likeness (QED) is 0.866. The van der Waals surface area contributed by atoms with Crippen molar-refractivity contribution >= 4 is 29.2 Å². The van der Waals surface area contributed by atoms with Gasteiger partial charge in [0.15, 0.2) is 5.15 Å². The number of rotatable bonds is 3. The molecular formula is C15H18ClN5O. The van der Waals surface area contributed by atoms with Crippen molar-refractivity contribution in [1.29, 1.82) is 0 Å². The summed E-state index contributed by atoms with van der Waals surface area (Å²) < 4.78 is 1.85. The second kappa shape index (κ2) is 6.48. The van der Waals surface area contributed by atoms with Crippen LogP contribution in [0.25, 0.3) is 11.7 Å². The molecule has 7 heteroatoms. The highest BCUT2D eigenvalue weighted by molar-refractivity contribution is 6.31. The number of hydrogen-bond acceptors (Lipinski definition) is 4. The molecule has 1 N–H and O–H groups in total. The molecule has 0 radical (unpaired) electrons. The molecule has 2 aromatic heterocycles. The van der Waals surface area contributed by atoms with Gasteiger partial charge in [-0.1, -0.05) is 17.7 Å². The first kappa shape index (κ1) is 15.0. The van der Waals surface area contributed by atoms with Gasteiger partial charge in [0, 0.05) is 38.5 Å². The van der Waals surface area contributed by atoms with E-state index in [1.165, 1.54) is 6.08 Å². The fourth-order valence-corrected chi connectivity index (χ4v) is 2.64. The lowest BCUT2D eigenvalue weighted by Crippen LogP contribution is -2.52. The molecule has 0 unspecified atom stereocenters. The second-order valence-corrected chi connectivity index (χ2v) is 5.67. The van der Waals surface area contributed by atoms with Gasteiger partial charge in [-0.2, -0.15) is 0 Å². The van der Waals surface area contributed by atoms with E-state index in [9.17, 15) is 4.79 Å². The Hall–Kier alpha value is -1.89. The van der Waals surface area contributed by atoms with Crippen molar-refractivity contribution in [1.82, 2.24) is 24.7 Å². The largest absolute Gasteiger partial charge is 0.304 e. The number of nitrogens with zero attached hydrogens (tertiary/aromatic N) is 4. The van der Waals surface area contributed by atoms with Gasteiger partial charge in [-0.25, -0.2) is 9.99 Å².